The fraction of sp³-hybridized carbons (Fsp3) is 0.500. The smallest absolute Gasteiger partial charge is 0.330 e. The Hall–Kier alpha value is -2.56. The Morgan fingerprint density at radius 1 is 1.13 bits per heavy atom. The average Bonchev–Trinajstić information content (AvgIpc) is 3.04. The molecule has 0 bridgehead atoms. The summed E-state index contributed by atoms with van der Waals surface area (Å²) in [6.07, 6.45) is -4.05. The molecule has 3 rings (SSSR count). The van der Waals surface area contributed by atoms with Gasteiger partial charge < -0.3 is 15.2 Å². The van der Waals surface area contributed by atoms with Crippen LogP contribution >= 0.6 is 0 Å². The van der Waals surface area contributed by atoms with Gasteiger partial charge in [0.2, 0.25) is 11.7 Å². The van der Waals surface area contributed by atoms with Crippen LogP contribution in [0.3, 0.4) is 0 Å². The van der Waals surface area contributed by atoms with E-state index in [0.29, 0.717) is 12.1 Å². The molecule has 2 heterocycles. The van der Waals surface area contributed by atoms with E-state index < -0.39 is 46.4 Å². The van der Waals surface area contributed by atoms with E-state index in [2.05, 4.69) is 4.98 Å². The van der Waals surface area contributed by atoms with Crippen molar-refractivity contribution in [1.29, 1.82) is 0 Å². The van der Waals surface area contributed by atoms with Gasteiger partial charge in [-0.3, -0.25) is 4.79 Å². The van der Waals surface area contributed by atoms with Crippen LogP contribution in [0, 0.1) is 17.5 Å². The van der Waals surface area contributed by atoms with Crippen LogP contribution in [0.5, 0.6) is 0 Å². The van der Waals surface area contributed by atoms with Gasteiger partial charge in [0.05, 0.1) is 17.4 Å². The molecule has 11 heteroatoms. The number of carbonyl (C=O) groups is 1. The second kappa shape index (κ2) is 7.54. The molecule has 0 unspecified atom stereocenters. The number of rotatable bonds is 4. The number of carbonyl (C=O) groups excluding carboxylic acids is 1. The molecule has 0 spiro atoms. The summed E-state index contributed by atoms with van der Waals surface area (Å²) in [4.78, 5) is 17.9. The Bertz CT molecular complexity index is 1010. The second-order valence-corrected chi connectivity index (χ2v) is 8.59. The van der Waals surface area contributed by atoms with Gasteiger partial charge in [0.1, 0.15) is 5.82 Å². The zero-order chi connectivity index (χ0) is 23.4. The van der Waals surface area contributed by atoms with Crippen LogP contribution in [-0.2, 0) is 29.5 Å². The summed E-state index contributed by atoms with van der Waals surface area (Å²) in [7, 11) is 0. The molecule has 0 saturated heterocycles. The van der Waals surface area contributed by atoms with Crippen LogP contribution in [0.15, 0.2) is 18.3 Å². The number of amides is 1. The van der Waals surface area contributed by atoms with Gasteiger partial charge in [-0.05, 0) is 38.8 Å². The summed E-state index contributed by atoms with van der Waals surface area (Å²) < 4.78 is 81.2. The summed E-state index contributed by atoms with van der Waals surface area (Å²) in [5.74, 6) is -5.03. The SMILES string of the molecule is CC1(C)c2cnc(C(F)(F)F)n2CCN1C(=O)C[C@@](C)(N)Cc1cc(F)c(F)cc1F. The highest BCUT2D eigenvalue weighted by atomic mass is 19.4. The summed E-state index contributed by atoms with van der Waals surface area (Å²) in [6, 6.07) is 1.11. The van der Waals surface area contributed by atoms with E-state index in [9.17, 15) is 31.1 Å². The molecule has 1 aliphatic rings. The summed E-state index contributed by atoms with van der Waals surface area (Å²) in [5, 5.41) is 0. The molecule has 2 N–H and O–H groups in total. The van der Waals surface area contributed by atoms with E-state index in [1.807, 2.05) is 0 Å². The van der Waals surface area contributed by atoms with Gasteiger partial charge in [-0.25, -0.2) is 18.2 Å². The minimum atomic E-state index is -4.62. The number of alkyl halides is 3. The van der Waals surface area contributed by atoms with Gasteiger partial charge >= 0.3 is 6.18 Å². The Morgan fingerprint density at radius 2 is 1.74 bits per heavy atom. The molecule has 0 radical (unpaired) electrons. The highest BCUT2D eigenvalue weighted by molar-refractivity contribution is 5.78. The number of halogens is 6. The van der Waals surface area contributed by atoms with Crippen molar-refractivity contribution in [3.63, 3.8) is 0 Å². The summed E-state index contributed by atoms with van der Waals surface area (Å²) in [5.41, 5.74) is 3.80. The number of aromatic nitrogens is 2. The molecule has 2 aromatic rings. The van der Waals surface area contributed by atoms with Crippen LogP contribution in [0.2, 0.25) is 0 Å². The molecule has 170 valence electrons. The van der Waals surface area contributed by atoms with Crippen LogP contribution in [0.1, 0.15) is 44.3 Å². The number of fused-ring (bicyclic) bond motifs is 1. The number of benzene rings is 1. The van der Waals surface area contributed by atoms with Crippen molar-refractivity contribution < 1.29 is 31.1 Å². The van der Waals surface area contributed by atoms with Gasteiger partial charge in [-0.1, -0.05) is 0 Å². The van der Waals surface area contributed by atoms with Crippen molar-refractivity contribution >= 4 is 5.91 Å². The van der Waals surface area contributed by atoms with Crippen LogP contribution in [-0.4, -0.2) is 32.4 Å². The van der Waals surface area contributed by atoms with E-state index in [0.717, 1.165) is 10.8 Å². The van der Waals surface area contributed by atoms with E-state index in [-0.39, 0.29) is 37.2 Å². The molecule has 0 fully saturated rings. The quantitative estimate of drug-likeness (QED) is 0.573. The number of hydrogen-bond donors (Lipinski definition) is 1. The standard InChI is InChI=1S/C20H22F6N4O/c1-18(2)15-10-28-17(20(24,25)26)29(15)4-5-30(18)16(31)9-19(3,27)8-11-6-13(22)14(23)7-12(11)21/h6-7,10H,4-5,8-9,27H2,1-3H3/t19-/m0/s1. The van der Waals surface area contributed by atoms with Crippen molar-refractivity contribution in [3.05, 3.63) is 52.9 Å². The minimum Gasteiger partial charge on any atom is -0.330 e. The van der Waals surface area contributed by atoms with Crippen LogP contribution in [0.25, 0.3) is 0 Å². The molecule has 1 amide bonds. The van der Waals surface area contributed by atoms with Gasteiger partial charge in [-0.2, -0.15) is 13.2 Å². The Balaban J connectivity index is 1.80. The molecule has 1 aliphatic heterocycles. The van der Waals surface area contributed by atoms with E-state index in [1.165, 1.54) is 11.8 Å². The van der Waals surface area contributed by atoms with Crippen molar-refractivity contribution in [1.82, 2.24) is 14.5 Å². The highest BCUT2D eigenvalue weighted by Crippen LogP contribution is 2.37. The molecule has 31 heavy (non-hydrogen) atoms. The van der Waals surface area contributed by atoms with Gasteiger partial charge in [0, 0.05) is 31.1 Å². The van der Waals surface area contributed by atoms with Crippen molar-refractivity contribution in [2.45, 2.75) is 57.4 Å². The fourth-order valence-electron chi connectivity index (χ4n) is 4.01. The fourth-order valence-corrected chi connectivity index (χ4v) is 4.01. The van der Waals surface area contributed by atoms with E-state index >= 15 is 0 Å². The second-order valence-electron chi connectivity index (χ2n) is 8.59. The zero-order valence-corrected chi connectivity index (χ0v) is 17.2. The van der Waals surface area contributed by atoms with E-state index in [1.54, 1.807) is 13.8 Å². The Morgan fingerprint density at radius 3 is 2.35 bits per heavy atom. The maximum Gasteiger partial charge on any atom is 0.449 e. The van der Waals surface area contributed by atoms with Crippen LogP contribution < -0.4 is 5.73 Å². The largest absolute Gasteiger partial charge is 0.449 e. The third-order valence-corrected chi connectivity index (χ3v) is 5.50. The molecular weight excluding hydrogens is 426 g/mol. The van der Waals surface area contributed by atoms with Crippen molar-refractivity contribution in [2.24, 2.45) is 5.73 Å². The molecule has 0 saturated carbocycles. The Labute approximate surface area is 174 Å². The van der Waals surface area contributed by atoms with E-state index in [4.69, 9.17) is 5.73 Å². The number of hydrogen-bond acceptors (Lipinski definition) is 3. The molecule has 0 aliphatic carbocycles. The highest BCUT2D eigenvalue weighted by Gasteiger charge is 2.45. The Kier molecular flexibility index (Phi) is 5.62. The molecule has 1 aromatic carbocycles. The van der Waals surface area contributed by atoms with Gasteiger partial charge in [-0.15, -0.1) is 0 Å². The zero-order valence-electron chi connectivity index (χ0n) is 17.2. The monoisotopic (exact) mass is 448 g/mol. The third kappa shape index (κ3) is 4.41. The first kappa shape index (κ1) is 23.1. The number of nitrogens with zero attached hydrogens (tertiary/aromatic N) is 3. The van der Waals surface area contributed by atoms with Crippen molar-refractivity contribution in [2.75, 3.05) is 6.54 Å². The molecule has 5 nitrogen and oxygen atoms in total. The lowest BCUT2D eigenvalue weighted by Gasteiger charge is -2.44. The maximum atomic E-state index is 14.0. The maximum absolute atomic E-state index is 14.0. The minimum absolute atomic E-state index is 0.00606. The predicted octanol–water partition coefficient (Wildman–Crippen LogP) is 3.75. The first-order valence-electron chi connectivity index (χ1n) is 9.49. The summed E-state index contributed by atoms with van der Waals surface area (Å²) in [6.45, 7) is 4.56. The molecular formula is C20H22F6N4O. The average molecular weight is 448 g/mol. The lowest BCUT2D eigenvalue weighted by Crippen LogP contribution is -2.54. The number of imidazole rings is 1. The third-order valence-electron chi connectivity index (χ3n) is 5.50. The first-order valence-corrected chi connectivity index (χ1v) is 9.49. The normalized spacial score (nSPS) is 17.9. The van der Waals surface area contributed by atoms with Gasteiger partial charge in [0.15, 0.2) is 11.6 Å². The van der Waals surface area contributed by atoms with Gasteiger partial charge in [0.25, 0.3) is 0 Å². The predicted molar refractivity (Wildman–Crippen MR) is 99.2 cm³/mol. The molecule has 1 atom stereocenters. The lowest BCUT2D eigenvalue weighted by molar-refractivity contribution is -0.149. The summed E-state index contributed by atoms with van der Waals surface area (Å²) >= 11 is 0. The number of nitrogens with two attached hydrogens (primary N) is 1. The van der Waals surface area contributed by atoms with Crippen LogP contribution in [0.4, 0.5) is 26.3 Å². The topological polar surface area (TPSA) is 64.2 Å². The first-order chi connectivity index (χ1) is 14.1. The van der Waals surface area contributed by atoms with Crippen molar-refractivity contribution in [3.8, 4) is 0 Å². The lowest BCUT2D eigenvalue weighted by atomic mass is 9.88. The molecule has 1 aromatic heterocycles.